The van der Waals surface area contributed by atoms with Crippen LogP contribution in [0.5, 0.6) is 0 Å². The van der Waals surface area contributed by atoms with Crippen molar-refractivity contribution < 1.29 is 4.74 Å². The highest BCUT2D eigenvalue weighted by Crippen LogP contribution is 2.26. The van der Waals surface area contributed by atoms with E-state index >= 15 is 0 Å². The van der Waals surface area contributed by atoms with Gasteiger partial charge in [-0.3, -0.25) is 0 Å². The molecule has 5 heteroatoms. The Morgan fingerprint density at radius 3 is 2.60 bits per heavy atom. The maximum absolute atomic E-state index is 8.85. The van der Waals surface area contributed by atoms with E-state index in [4.69, 9.17) is 10.00 Å². The lowest BCUT2D eigenvalue weighted by Gasteiger charge is -2.41. The lowest BCUT2D eigenvalue weighted by atomic mass is 9.88. The maximum Gasteiger partial charge on any atom is 0.140 e. The molecule has 25 heavy (non-hydrogen) atoms. The van der Waals surface area contributed by atoms with E-state index in [2.05, 4.69) is 46.8 Å². The van der Waals surface area contributed by atoms with E-state index in [-0.39, 0.29) is 11.6 Å². The zero-order chi connectivity index (χ0) is 17.5. The summed E-state index contributed by atoms with van der Waals surface area (Å²) in [6.07, 6.45) is 3.63. The predicted molar refractivity (Wildman–Crippen MR) is 98.2 cm³/mol. The number of benzene rings is 1. The Balaban J connectivity index is 1.68. The molecule has 0 radical (unpaired) electrons. The van der Waals surface area contributed by atoms with Crippen molar-refractivity contribution in [3.8, 4) is 6.07 Å². The number of pyridine rings is 1. The van der Waals surface area contributed by atoms with Gasteiger partial charge in [0.25, 0.3) is 0 Å². The molecule has 3 rings (SSSR count). The second-order valence-electron chi connectivity index (χ2n) is 6.57. The van der Waals surface area contributed by atoms with Crippen LogP contribution < -0.4 is 10.6 Å². The molecule has 0 amide bonds. The number of nitrogens with zero attached hydrogens (tertiary/aromatic N) is 2. The maximum atomic E-state index is 8.85. The van der Waals surface area contributed by atoms with Crippen LogP contribution >= 0.6 is 0 Å². The second-order valence-corrected chi connectivity index (χ2v) is 6.57. The van der Waals surface area contributed by atoms with Crippen molar-refractivity contribution in [3.05, 3.63) is 59.9 Å². The third-order valence-electron chi connectivity index (χ3n) is 4.78. The number of aromatic nitrogens is 1. The largest absolute Gasteiger partial charge is 0.382 e. The first-order chi connectivity index (χ1) is 12.2. The highest BCUT2D eigenvalue weighted by molar-refractivity contribution is 5.43. The van der Waals surface area contributed by atoms with E-state index in [0.717, 1.165) is 38.3 Å². The Bertz CT molecular complexity index is 703. The fourth-order valence-corrected chi connectivity index (χ4v) is 3.25. The number of rotatable bonds is 6. The van der Waals surface area contributed by atoms with E-state index in [1.54, 1.807) is 12.3 Å². The monoisotopic (exact) mass is 336 g/mol. The van der Waals surface area contributed by atoms with Crippen LogP contribution in [0.25, 0.3) is 0 Å². The number of hydrogen-bond donors (Lipinski definition) is 2. The van der Waals surface area contributed by atoms with Crippen LogP contribution in [0, 0.1) is 11.3 Å². The predicted octanol–water partition coefficient (Wildman–Crippen LogP) is 3.27. The zero-order valence-electron chi connectivity index (χ0n) is 14.5. The number of nitriles is 1. The molecule has 1 aromatic heterocycles. The Morgan fingerprint density at radius 2 is 1.96 bits per heavy atom. The third-order valence-corrected chi connectivity index (χ3v) is 4.78. The Labute approximate surface area is 149 Å². The Hall–Kier alpha value is -2.42. The molecule has 2 aromatic rings. The van der Waals surface area contributed by atoms with Gasteiger partial charge >= 0.3 is 0 Å². The summed E-state index contributed by atoms with van der Waals surface area (Å²) < 4.78 is 5.58. The van der Waals surface area contributed by atoms with Crippen molar-refractivity contribution in [1.82, 2.24) is 10.3 Å². The van der Waals surface area contributed by atoms with Gasteiger partial charge in [-0.15, -0.1) is 0 Å². The molecule has 1 fully saturated rings. The van der Waals surface area contributed by atoms with E-state index in [9.17, 15) is 0 Å². The smallest absolute Gasteiger partial charge is 0.140 e. The van der Waals surface area contributed by atoms with E-state index in [1.165, 1.54) is 5.56 Å². The average Bonchev–Trinajstić information content (AvgIpc) is 2.68. The van der Waals surface area contributed by atoms with Crippen LogP contribution in [-0.2, 0) is 4.74 Å². The molecule has 130 valence electrons. The molecule has 0 spiro atoms. The number of ether oxygens (including phenoxy) is 1. The molecule has 0 aliphatic carbocycles. The molecule has 1 aliphatic heterocycles. The lowest BCUT2D eigenvalue weighted by Crippen LogP contribution is -2.54. The average molecular weight is 336 g/mol. The lowest BCUT2D eigenvalue weighted by molar-refractivity contribution is 0.0389. The van der Waals surface area contributed by atoms with Crippen molar-refractivity contribution in [2.24, 2.45) is 0 Å². The van der Waals surface area contributed by atoms with Crippen LogP contribution in [0.3, 0.4) is 0 Å². The summed E-state index contributed by atoms with van der Waals surface area (Å²) in [6.45, 7) is 4.53. The van der Waals surface area contributed by atoms with Crippen LogP contribution in [0.4, 0.5) is 5.69 Å². The minimum Gasteiger partial charge on any atom is -0.382 e. The molecule has 2 N–H and O–H groups in total. The molecule has 1 unspecified atom stereocenters. The van der Waals surface area contributed by atoms with Gasteiger partial charge in [0.05, 0.1) is 11.9 Å². The summed E-state index contributed by atoms with van der Waals surface area (Å²) in [7, 11) is 0. The van der Waals surface area contributed by atoms with Gasteiger partial charge in [0, 0.05) is 31.3 Å². The van der Waals surface area contributed by atoms with Crippen LogP contribution in [0.15, 0.2) is 48.7 Å². The van der Waals surface area contributed by atoms with Gasteiger partial charge in [-0.05, 0) is 37.5 Å². The van der Waals surface area contributed by atoms with Gasteiger partial charge in [-0.2, -0.15) is 5.26 Å². The molecular weight excluding hydrogens is 312 g/mol. The molecule has 1 saturated heterocycles. The summed E-state index contributed by atoms with van der Waals surface area (Å²) >= 11 is 0. The molecule has 1 atom stereocenters. The summed E-state index contributed by atoms with van der Waals surface area (Å²) in [5.41, 5.74) is 2.62. The van der Waals surface area contributed by atoms with Gasteiger partial charge in [-0.25, -0.2) is 4.98 Å². The van der Waals surface area contributed by atoms with Gasteiger partial charge in [-0.1, -0.05) is 30.3 Å². The number of hydrogen-bond acceptors (Lipinski definition) is 5. The van der Waals surface area contributed by atoms with Gasteiger partial charge in [0.15, 0.2) is 0 Å². The second kappa shape index (κ2) is 8.11. The van der Waals surface area contributed by atoms with Gasteiger partial charge in [0.1, 0.15) is 11.8 Å². The van der Waals surface area contributed by atoms with E-state index in [0.29, 0.717) is 5.69 Å². The minimum absolute atomic E-state index is 0.0264. The molecule has 1 aromatic carbocycles. The normalized spacial score (nSPS) is 17.4. The number of anilines is 1. The minimum atomic E-state index is -0.0264. The van der Waals surface area contributed by atoms with Crippen LogP contribution in [-0.4, -0.2) is 30.3 Å². The molecule has 2 heterocycles. The number of nitrogens with one attached hydrogen (secondary N) is 2. The Morgan fingerprint density at radius 1 is 1.20 bits per heavy atom. The van der Waals surface area contributed by atoms with Crippen LogP contribution in [0.1, 0.15) is 37.1 Å². The summed E-state index contributed by atoms with van der Waals surface area (Å²) in [6, 6.07) is 16.4. The van der Waals surface area contributed by atoms with E-state index < -0.39 is 0 Å². The SMILES string of the molecule is CC(NC1(CNc2ccc(C#N)nc2)CCOCC1)c1ccccc1. The molecule has 0 bridgehead atoms. The first-order valence-corrected chi connectivity index (χ1v) is 8.71. The molecule has 0 saturated carbocycles. The van der Waals surface area contributed by atoms with Crippen molar-refractivity contribution in [3.63, 3.8) is 0 Å². The first-order valence-electron chi connectivity index (χ1n) is 8.71. The third kappa shape index (κ3) is 4.56. The molecule has 1 aliphatic rings. The van der Waals surface area contributed by atoms with Crippen molar-refractivity contribution in [2.75, 3.05) is 25.1 Å². The fraction of sp³-hybridized carbons (Fsp3) is 0.400. The van der Waals surface area contributed by atoms with E-state index in [1.807, 2.05) is 18.2 Å². The standard InChI is InChI=1S/C20H24N4O/c1-16(17-5-3-2-4-6-17)24-20(9-11-25-12-10-20)15-23-19-8-7-18(13-21)22-14-19/h2-8,14,16,23-24H,9-12,15H2,1H3. The molecular formula is C20H24N4O. The molecule has 5 nitrogen and oxygen atoms in total. The topological polar surface area (TPSA) is 70.0 Å². The fourth-order valence-electron chi connectivity index (χ4n) is 3.25. The van der Waals surface area contributed by atoms with Crippen LogP contribution in [0.2, 0.25) is 0 Å². The van der Waals surface area contributed by atoms with Crippen molar-refractivity contribution >= 4 is 5.69 Å². The zero-order valence-corrected chi connectivity index (χ0v) is 14.5. The van der Waals surface area contributed by atoms with Gasteiger partial charge in [0.2, 0.25) is 0 Å². The van der Waals surface area contributed by atoms with Crippen molar-refractivity contribution in [1.29, 1.82) is 5.26 Å². The summed E-state index contributed by atoms with van der Waals surface area (Å²) in [5, 5.41) is 16.2. The van der Waals surface area contributed by atoms with Crippen molar-refractivity contribution in [2.45, 2.75) is 31.3 Å². The quantitative estimate of drug-likeness (QED) is 0.847. The highest BCUT2D eigenvalue weighted by Gasteiger charge is 2.33. The summed E-state index contributed by atoms with van der Waals surface area (Å²) in [4.78, 5) is 4.12. The Kier molecular flexibility index (Phi) is 5.64. The first kappa shape index (κ1) is 17.4. The highest BCUT2D eigenvalue weighted by atomic mass is 16.5. The van der Waals surface area contributed by atoms with Gasteiger partial charge < -0.3 is 15.4 Å². The summed E-state index contributed by atoms with van der Waals surface area (Å²) in [5.74, 6) is 0.